The predicted molar refractivity (Wildman–Crippen MR) is 92.1 cm³/mol. The van der Waals surface area contributed by atoms with E-state index in [4.69, 9.17) is 4.74 Å². The molecule has 0 radical (unpaired) electrons. The van der Waals surface area contributed by atoms with Crippen LogP contribution in [0, 0.1) is 0 Å². The van der Waals surface area contributed by atoms with Gasteiger partial charge in [-0.05, 0) is 55.1 Å². The monoisotopic (exact) mass is 347 g/mol. The maximum absolute atomic E-state index is 5.32. The summed E-state index contributed by atoms with van der Waals surface area (Å²) in [7, 11) is 3.72. The summed E-state index contributed by atoms with van der Waals surface area (Å²) in [4.78, 5) is 0. The Morgan fingerprint density at radius 3 is 2.57 bits per heavy atom. The van der Waals surface area contributed by atoms with Gasteiger partial charge in [-0.15, -0.1) is 0 Å². The average molecular weight is 348 g/mol. The van der Waals surface area contributed by atoms with Crippen molar-refractivity contribution in [2.75, 3.05) is 20.7 Å². The normalized spacial score (nSPS) is 12.1. The van der Waals surface area contributed by atoms with Crippen LogP contribution in [-0.4, -0.2) is 20.7 Å². The second-order valence-electron chi connectivity index (χ2n) is 5.16. The third kappa shape index (κ3) is 4.58. The molecule has 3 heteroatoms. The van der Waals surface area contributed by atoms with Crippen molar-refractivity contribution in [3.8, 4) is 5.75 Å². The number of rotatable bonds is 7. The first-order chi connectivity index (χ1) is 10.2. The van der Waals surface area contributed by atoms with E-state index in [2.05, 4.69) is 63.7 Å². The Bertz CT molecular complexity index is 556. The Labute approximate surface area is 135 Å². The van der Waals surface area contributed by atoms with Gasteiger partial charge in [0, 0.05) is 11.0 Å². The summed E-state index contributed by atoms with van der Waals surface area (Å²) in [5, 5.41) is 3.30. The predicted octanol–water partition coefficient (Wildman–Crippen LogP) is 4.39. The van der Waals surface area contributed by atoms with Gasteiger partial charge in [0.2, 0.25) is 0 Å². The molecule has 0 heterocycles. The van der Waals surface area contributed by atoms with Crippen molar-refractivity contribution in [3.05, 3.63) is 64.1 Å². The summed E-state index contributed by atoms with van der Waals surface area (Å²) in [6.45, 7) is 0.992. The molecule has 1 N–H and O–H groups in total. The molecule has 2 nitrogen and oxygen atoms in total. The lowest BCUT2D eigenvalue weighted by molar-refractivity contribution is 0.414. The van der Waals surface area contributed by atoms with Gasteiger partial charge in [0.1, 0.15) is 5.75 Å². The second kappa shape index (κ2) is 8.20. The smallest absolute Gasteiger partial charge is 0.119 e. The summed E-state index contributed by atoms with van der Waals surface area (Å²) in [5.74, 6) is 1.44. The number of benzene rings is 2. The van der Waals surface area contributed by atoms with Gasteiger partial charge in [-0.2, -0.15) is 0 Å². The molecule has 1 atom stereocenters. The van der Waals surface area contributed by atoms with Crippen molar-refractivity contribution in [1.82, 2.24) is 5.32 Å². The van der Waals surface area contributed by atoms with Gasteiger partial charge in [-0.1, -0.05) is 46.3 Å². The fourth-order valence-corrected chi connectivity index (χ4v) is 3.00. The molecule has 0 saturated carbocycles. The van der Waals surface area contributed by atoms with Crippen LogP contribution in [-0.2, 0) is 6.42 Å². The summed E-state index contributed by atoms with van der Waals surface area (Å²) in [5.41, 5.74) is 2.69. The highest BCUT2D eigenvalue weighted by Crippen LogP contribution is 2.27. The summed E-state index contributed by atoms with van der Waals surface area (Å²) in [6.07, 6.45) is 2.13. The minimum Gasteiger partial charge on any atom is -0.497 e. The van der Waals surface area contributed by atoms with Gasteiger partial charge in [-0.25, -0.2) is 0 Å². The van der Waals surface area contributed by atoms with E-state index in [1.54, 1.807) is 7.11 Å². The van der Waals surface area contributed by atoms with Gasteiger partial charge in [0.15, 0.2) is 0 Å². The largest absolute Gasteiger partial charge is 0.497 e. The summed E-state index contributed by atoms with van der Waals surface area (Å²) in [6, 6.07) is 16.9. The third-order valence-electron chi connectivity index (χ3n) is 3.74. The van der Waals surface area contributed by atoms with Gasteiger partial charge < -0.3 is 10.1 Å². The van der Waals surface area contributed by atoms with Crippen LogP contribution in [0.2, 0.25) is 0 Å². The van der Waals surface area contributed by atoms with E-state index in [-0.39, 0.29) is 0 Å². The quantitative estimate of drug-likeness (QED) is 0.801. The first-order valence-electron chi connectivity index (χ1n) is 7.26. The van der Waals surface area contributed by atoms with Crippen molar-refractivity contribution in [1.29, 1.82) is 0 Å². The number of aryl methyl sites for hydroxylation is 1. The number of methoxy groups -OCH3 is 1. The second-order valence-corrected chi connectivity index (χ2v) is 6.02. The van der Waals surface area contributed by atoms with Gasteiger partial charge in [0.25, 0.3) is 0 Å². The number of halogens is 1. The van der Waals surface area contributed by atoms with E-state index in [0.29, 0.717) is 5.92 Å². The molecule has 0 fully saturated rings. The molecule has 2 aromatic carbocycles. The number of likely N-dealkylation sites (N-methyl/N-ethyl adjacent to an activating group) is 1. The van der Waals surface area contributed by atoms with E-state index in [1.165, 1.54) is 11.1 Å². The standard InChI is InChI=1S/C18H22BrNO/c1-20-13-16(14-6-4-3-5-7-14)9-8-15-12-17(21-2)10-11-18(15)19/h3-7,10-12,16,20H,8-9,13H2,1-2H3. The molecule has 112 valence electrons. The highest BCUT2D eigenvalue weighted by Gasteiger charge is 2.12. The van der Waals surface area contributed by atoms with Crippen molar-refractivity contribution >= 4 is 15.9 Å². The number of ether oxygens (including phenoxy) is 1. The SMILES string of the molecule is CNCC(CCc1cc(OC)ccc1Br)c1ccccc1. The van der Waals surface area contributed by atoms with E-state index in [9.17, 15) is 0 Å². The zero-order valence-electron chi connectivity index (χ0n) is 12.6. The first kappa shape index (κ1) is 16.1. The summed E-state index contributed by atoms with van der Waals surface area (Å²) >= 11 is 3.63. The topological polar surface area (TPSA) is 21.3 Å². The number of nitrogens with one attached hydrogen (secondary N) is 1. The van der Waals surface area contributed by atoms with Gasteiger partial charge >= 0.3 is 0 Å². The molecule has 0 aromatic heterocycles. The minimum atomic E-state index is 0.523. The van der Waals surface area contributed by atoms with Gasteiger partial charge in [-0.3, -0.25) is 0 Å². The Balaban J connectivity index is 2.08. The van der Waals surface area contributed by atoms with E-state index >= 15 is 0 Å². The Morgan fingerprint density at radius 1 is 1.14 bits per heavy atom. The zero-order chi connectivity index (χ0) is 15.1. The molecule has 1 unspecified atom stereocenters. The molecule has 21 heavy (non-hydrogen) atoms. The van der Waals surface area contributed by atoms with Crippen molar-refractivity contribution in [2.45, 2.75) is 18.8 Å². The molecular weight excluding hydrogens is 326 g/mol. The molecule has 0 amide bonds. The molecule has 0 spiro atoms. The van der Waals surface area contributed by atoms with Crippen LogP contribution in [0.25, 0.3) is 0 Å². The van der Waals surface area contributed by atoms with Crippen LogP contribution in [0.4, 0.5) is 0 Å². The minimum absolute atomic E-state index is 0.523. The molecule has 0 aliphatic carbocycles. The lowest BCUT2D eigenvalue weighted by atomic mass is 9.92. The first-order valence-corrected chi connectivity index (χ1v) is 8.06. The van der Waals surface area contributed by atoms with Crippen molar-refractivity contribution in [3.63, 3.8) is 0 Å². The molecular formula is C18H22BrNO. The lowest BCUT2D eigenvalue weighted by Crippen LogP contribution is -2.18. The van der Waals surface area contributed by atoms with Crippen LogP contribution in [0.3, 0.4) is 0 Å². The van der Waals surface area contributed by atoms with Crippen molar-refractivity contribution in [2.24, 2.45) is 0 Å². The van der Waals surface area contributed by atoms with Crippen LogP contribution in [0.1, 0.15) is 23.5 Å². The van der Waals surface area contributed by atoms with Crippen molar-refractivity contribution < 1.29 is 4.74 Å². The molecule has 2 aromatic rings. The Hall–Kier alpha value is -1.32. The average Bonchev–Trinajstić information content (AvgIpc) is 2.53. The fraction of sp³-hybridized carbons (Fsp3) is 0.333. The highest BCUT2D eigenvalue weighted by atomic mass is 79.9. The molecule has 0 aliphatic heterocycles. The molecule has 0 bridgehead atoms. The lowest BCUT2D eigenvalue weighted by Gasteiger charge is -2.17. The van der Waals surface area contributed by atoms with Crippen LogP contribution < -0.4 is 10.1 Å². The molecule has 2 rings (SSSR count). The fourth-order valence-electron chi connectivity index (χ4n) is 2.56. The van der Waals surface area contributed by atoms with Crippen LogP contribution in [0.15, 0.2) is 53.0 Å². The van der Waals surface area contributed by atoms with Gasteiger partial charge in [0.05, 0.1) is 7.11 Å². The maximum Gasteiger partial charge on any atom is 0.119 e. The Kier molecular flexibility index (Phi) is 6.27. The number of hydrogen-bond donors (Lipinski definition) is 1. The van der Waals surface area contributed by atoms with Crippen LogP contribution in [0.5, 0.6) is 5.75 Å². The third-order valence-corrected chi connectivity index (χ3v) is 4.51. The van der Waals surface area contributed by atoms with E-state index in [1.807, 2.05) is 13.1 Å². The molecule has 0 aliphatic rings. The van der Waals surface area contributed by atoms with E-state index in [0.717, 1.165) is 29.6 Å². The summed E-state index contributed by atoms with van der Waals surface area (Å²) < 4.78 is 6.47. The number of hydrogen-bond acceptors (Lipinski definition) is 2. The highest BCUT2D eigenvalue weighted by molar-refractivity contribution is 9.10. The zero-order valence-corrected chi connectivity index (χ0v) is 14.2. The maximum atomic E-state index is 5.32. The Morgan fingerprint density at radius 2 is 1.90 bits per heavy atom. The molecule has 0 saturated heterocycles. The van der Waals surface area contributed by atoms with E-state index < -0.39 is 0 Å². The van der Waals surface area contributed by atoms with Crippen LogP contribution >= 0.6 is 15.9 Å².